The molecule has 0 amide bonds. The van der Waals surface area contributed by atoms with Crippen molar-refractivity contribution in [2.24, 2.45) is 0 Å². The van der Waals surface area contributed by atoms with Gasteiger partial charge in [-0.05, 0) is 36.8 Å². The van der Waals surface area contributed by atoms with Gasteiger partial charge in [0.2, 0.25) is 0 Å². The molecule has 1 heterocycles. The van der Waals surface area contributed by atoms with Crippen molar-refractivity contribution in [2.75, 3.05) is 5.32 Å². The van der Waals surface area contributed by atoms with E-state index in [0.29, 0.717) is 11.7 Å². The molecule has 106 valence electrons. The van der Waals surface area contributed by atoms with Crippen LogP contribution in [0.15, 0.2) is 57.5 Å². The summed E-state index contributed by atoms with van der Waals surface area (Å²) in [5.41, 5.74) is 3.08. The van der Waals surface area contributed by atoms with Gasteiger partial charge >= 0.3 is 0 Å². The first-order valence-corrected chi connectivity index (χ1v) is 7.40. The van der Waals surface area contributed by atoms with Gasteiger partial charge in [-0.15, -0.1) is 0 Å². The van der Waals surface area contributed by atoms with Crippen molar-refractivity contribution in [1.29, 1.82) is 0 Å². The summed E-state index contributed by atoms with van der Waals surface area (Å²) in [6.45, 7) is 2.54. The number of rotatable bonds is 4. The molecule has 5 heteroatoms. The highest BCUT2D eigenvalue weighted by molar-refractivity contribution is 9.10. The van der Waals surface area contributed by atoms with E-state index in [9.17, 15) is 0 Å². The Hall–Kier alpha value is -2.14. The number of hydrogen-bond acceptors (Lipinski definition) is 4. The molecule has 0 saturated carbocycles. The molecule has 0 unspecified atom stereocenters. The van der Waals surface area contributed by atoms with Crippen LogP contribution < -0.4 is 5.32 Å². The molecule has 1 N–H and O–H groups in total. The van der Waals surface area contributed by atoms with Crippen LogP contribution in [0.4, 0.5) is 5.69 Å². The summed E-state index contributed by atoms with van der Waals surface area (Å²) in [5.74, 6) is 1.16. The molecule has 0 radical (unpaired) electrons. The van der Waals surface area contributed by atoms with Gasteiger partial charge in [0.25, 0.3) is 5.89 Å². The van der Waals surface area contributed by atoms with E-state index in [2.05, 4.69) is 43.5 Å². The van der Waals surface area contributed by atoms with Crippen LogP contribution >= 0.6 is 15.9 Å². The van der Waals surface area contributed by atoms with E-state index in [1.807, 2.05) is 43.3 Å². The number of aromatic nitrogens is 2. The molecule has 3 aromatic rings. The lowest BCUT2D eigenvalue weighted by molar-refractivity contribution is 0.426. The molecule has 0 spiro atoms. The van der Waals surface area contributed by atoms with Crippen LogP contribution in [0.1, 0.15) is 11.4 Å². The molecule has 0 fully saturated rings. The van der Waals surface area contributed by atoms with E-state index in [-0.39, 0.29) is 0 Å². The third-order valence-electron chi connectivity index (χ3n) is 3.06. The summed E-state index contributed by atoms with van der Waals surface area (Å²) in [6.07, 6.45) is 0. The Morgan fingerprint density at radius 2 is 2.00 bits per heavy atom. The summed E-state index contributed by atoms with van der Waals surface area (Å²) in [7, 11) is 0. The number of benzene rings is 2. The largest absolute Gasteiger partial charge is 0.380 e. The van der Waals surface area contributed by atoms with Crippen molar-refractivity contribution < 1.29 is 4.52 Å². The smallest absolute Gasteiger partial charge is 0.260 e. The second-order valence-corrected chi connectivity index (χ2v) is 5.59. The molecule has 0 bridgehead atoms. The minimum absolute atomic E-state index is 0.532. The first-order chi connectivity index (χ1) is 10.2. The van der Waals surface area contributed by atoms with Crippen molar-refractivity contribution in [3.8, 4) is 11.5 Å². The molecule has 1 aromatic heterocycles. The number of aryl methyl sites for hydroxylation is 1. The van der Waals surface area contributed by atoms with Gasteiger partial charge in [0.05, 0.1) is 5.56 Å². The Morgan fingerprint density at radius 1 is 1.14 bits per heavy atom. The third kappa shape index (κ3) is 3.31. The summed E-state index contributed by atoms with van der Waals surface area (Å²) in [6, 6.07) is 16.1. The number of nitrogens with one attached hydrogen (secondary N) is 1. The highest BCUT2D eigenvalue weighted by Crippen LogP contribution is 2.26. The second-order valence-electron chi connectivity index (χ2n) is 4.68. The van der Waals surface area contributed by atoms with Crippen LogP contribution in [0.2, 0.25) is 0 Å². The van der Waals surface area contributed by atoms with E-state index >= 15 is 0 Å². The van der Waals surface area contributed by atoms with E-state index in [1.54, 1.807) is 0 Å². The van der Waals surface area contributed by atoms with Crippen molar-refractivity contribution in [1.82, 2.24) is 10.1 Å². The zero-order valence-corrected chi connectivity index (χ0v) is 13.1. The highest BCUT2D eigenvalue weighted by atomic mass is 79.9. The molecule has 3 rings (SSSR count). The predicted octanol–water partition coefficient (Wildman–Crippen LogP) is 4.42. The van der Waals surface area contributed by atoms with Crippen molar-refractivity contribution in [3.05, 3.63) is 64.4 Å². The summed E-state index contributed by atoms with van der Waals surface area (Å²) >= 11 is 3.48. The molecular weight excluding hydrogens is 330 g/mol. The first-order valence-electron chi connectivity index (χ1n) is 6.60. The Labute approximate surface area is 131 Å². The Kier molecular flexibility index (Phi) is 4.01. The number of para-hydroxylation sites is 1. The lowest BCUT2D eigenvalue weighted by atomic mass is 10.1. The monoisotopic (exact) mass is 343 g/mol. The van der Waals surface area contributed by atoms with Gasteiger partial charge in [0.15, 0.2) is 5.82 Å². The number of hydrogen-bond donors (Lipinski definition) is 1. The van der Waals surface area contributed by atoms with Gasteiger partial charge < -0.3 is 9.84 Å². The fraction of sp³-hybridized carbons (Fsp3) is 0.125. The molecule has 0 saturated heterocycles. The van der Waals surface area contributed by atoms with Gasteiger partial charge in [0.1, 0.15) is 0 Å². The average molecular weight is 344 g/mol. The van der Waals surface area contributed by atoms with E-state index in [4.69, 9.17) is 4.52 Å². The lowest BCUT2D eigenvalue weighted by Gasteiger charge is -2.10. The SMILES string of the molecule is Cc1noc(-c2ccccc2NCc2cccc(Br)c2)n1. The van der Waals surface area contributed by atoms with Gasteiger partial charge in [-0.1, -0.05) is 45.4 Å². The van der Waals surface area contributed by atoms with Crippen LogP contribution in [0, 0.1) is 6.92 Å². The van der Waals surface area contributed by atoms with Crippen molar-refractivity contribution in [2.45, 2.75) is 13.5 Å². The van der Waals surface area contributed by atoms with Gasteiger partial charge in [-0.3, -0.25) is 0 Å². The van der Waals surface area contributed by atoms with Gasteiger partial charge in [-0.25, -0.2) is 0 Å². The highest BCUT2D eigenvalue weighted by Gasteiger charge is 2.10. The summed E-state index contributed by atoms with van der Waals surface area (Å²) in [4.78, 5) is 4.29. The second kappa shape index (κ2) is 6.10. The lowest BCUT2D eigenvalue weighted by Crippen LogP contribution is -2.00. The molecule has 4 nitrogen and oxygen atoms in total. The Bertz CT molecular complexity index is 755. The maximum atomic E-state index is 5.25. The van der Waals surface area contributed by atoms with Crippen LogP contribution in [0.25, 0.3) is 11.5 Å². The van der Waals surface area contributed by atoms with Gasteiger partial charge in [0, 0.05) is 16.7 Å². The quantitative estimate of drug-likeness (QED) is 0.761. The number of anilines is 1. The molecule has 0 aliphatic rings. The average Bonchev–Trinajstić information content (AvgIpc) is 2.92. The van der Waals surface area contributed by atoms with E-state index in [0.717, 1.165) is 22.3 Å². The minimum Gasteiger partial charge on any atom is -0.380 e. The molecule has 0 aliphatic carbocycles. The Balaban J connectivity index is 1.83. The van der Waals surface area contributed by atoms with Crippen LogP contribution in [0.3, 0.4) is 0 Å². The number of halogens is 1. The van der Waals surface area contributed by atoms with Crippen LogP contribution in [-0.4, -0.2) is 10.1 Å². The summed E-state index contributed by atoms with van der Waals surface area (Å²) < 4.78 is 6.33. The zero-order chi connectivity index (χ0) is 14.7. The predicted molar refractivity (Wildman–Crippen MR) is 85.9 cm³/mol. The topological polar surface area (TPSA) is 51.0 Å². The Morgan fingerprint density at radius 3 is 2.76 bits per heavy atom. The van der Waals surface area contributed by atoms with Crippen molar-refractivity contribution >= 4 is 21.6 Å². The molecular formula is C16H14BrN3O. The van der Waals surface area contributed by atoms with Crippen molar-refractivity contribution in [3.63, 3.8) is 0 Å². The molecule has 2 aromatic carbocycles. The summed E-state index contributed by atoms with van der Waals surface area (Å²) in [5, 5.41) is 7.26. The molecule has 0 aliphatic heterocycles. The minimum atomic E-state index is 0.532. The maximum absolute atomic E-state index is 5.25. The van der Waals surface area contributed by atoms with Crippen LogP contribution in [-0.2, 0) is 6.54 Å². The van der Waals surface area contributed by atoms with E-state index < -0.39 is 0 Å². The van der Waals surface area contributed by atoms with E-state index in [1.165, 1.54) is 5.56 Å². The first kappa shape index (κ1) is 13.8. The maximum Gasteiger partial charge on any atom is 0.260 e. The molecule has 21 heavy (non-hydrogen) atoms. The van der Waals surface area contributed by atoms with Crippen LogP contribution in [0.5, 0.6) is 0 Å². The fourth-order valence-electron chi connectivity index (χ4n) is 2.07. The number of nitrogens with zero attached hydrogens (tertiary/aromatic N) is 2. The standard InChI is InChI=1S/C16H14BrN3O/c1-11-19-16(21-20-11)14-7-2-3-8-15(14)18-10-12-5-4-6-13(17)9-12/h2-9,18H,10H2,1H3. The van der Waals surface area contributed by atoms with Gasteiger partial charge in [-0.2, -0.15) is 4.98 Å². The third-order valence-corrected chi connectivity index (χ3v) is 3.55. The zero-order valence-electron chi connectivity index (χ0n) is 11.5. The normalized spacial score (nSPS) is 10.6. The fourth-order valence-corrected chi connectivity index (χ4v) is 2.52. The molecule has 0 atom stereocenters.